The first-order chi connectivity index (χ1) is 14.7. The van der Waals surface area contributed by atoms with Crippen LogP contribution in [0.25, 0.3) is 0 Å². The number of ether oxygens (including phenoxy) is 1. The summed E-state index contributed by atoms with van der Waals surface area (Å²) in [5.74, 6) is 0.920. The summed E-state index contributed by atoms with van der Waals surface area (Å²) in [6.07, 6.45) is 3.96. The maximum atomic E-state index is 12.8. The van der Waals surface area contributed by atoms with E-state index in [-0.39, 0.29) is 17.9 Å². The molecule has 2 aromatic carbocycles. The number of rotatable bonds is 7. The van der Waals surface area contributed by atoms with Gasteiger partial charge in [-0.3, -0.25) is 9.59 Å². The van der Waals surface area contributed by atoms with Gasteiger partial charge in [0.05, 0.1) is 26.7 Å². The average Bonchev–Trinajstić information content (AvgIpc) is 3.46. The van der Waals surface area contributed by atoms with Gasteiger partial charge in [-0.2, -0.15) is 0 Å². The molecule has 0 aromatic heterocycles. The van der Waals surface area contributed by atoms with E-state index >= 15 is 0 Å². The van der Waals surface area contributed by atoms with Crippen LogP contribution < -0.4 is 19.9 Å². The molecule has 2 fully saturated rings. The highest BCUT2D eigenvalue weighted by atomic mass is 16.5. The Hall–Kier alpha value is -2.86. The predicted octanol–water partition coefficient (Wildman–Crippen LogP) is 1.97. The summed E-state index contributed by atoms with van der Waals surface area (Å²) >= 11 is 0. The van der Waals surface area contributed by atoms with Gasteiger partial charge in [0.25, 0.3) is 5.91 Å². The predicted molar refractivity (Wildman–Crippen MR) is 116 cm³/mol. The second kappa shape index (κ2) is 9.30. The third kappa shape index (κ3) is 4.49. The number of nitrogens with one attached hydrogen (secondary N) is 2. The van der Waals surface area contributed by atoms with Gasteiger partial charge < -0.3 is 19.9 Å². The van der Waals surface area contributed by atoms with Crippen molar-refractivity contribution in [3.63, 3.8) is 0 Å². The third-order valence-corrected chi connectivity index (χ3v) is 6.24. The average molecular weight is 409 g/mol. The number of benzene rings is 2. The van der Waals surface area contributed by atoms with Crippen LogP contribution in [0.1, 0.15) is 47.6 Å². The van der Waals surface area contributed by atoms with E-state index in [0.29, 0.717) is 18.5 Å². The first kappa shape index (κ1) is 20.4. The van der Waals surface area contributed by atoms with E-state index in [1.807, 2.05) is 24.3 Å². The zero-order valence-electron chi connectivity index (χ0n) is 17.5. The molecule has 0 saturated carbocycles. The van der Waals surface area contributed by atoms with Crippen molar-refractivity contribution in [1.82, 2.24) is 5.32 Å². The van der Waals surface area contributed by atoms with Crippen molar-refractivity contribution in [3.05, 3.63) is 59.7 Å². The smallest absolute Gasteiger partial charge is 0.251 e. The zero-order chi connectivity index (χ0) is 20.9. The number of quaternary nitrogens is 1. The minimum absolute atomic E-state index is 0.0774. The number of carbonyl (C=O) groups excluding carboxylic acids is 2. The molecular weight excluding hydrogens is 378 g/mol. The molecule has 0 spiro atoms. The van der Waals surface area contributed by atoms with Crippen molar-refractivity contribution >= 4 is 17.5 Å². The quantitative estimate of drug-likeness (QED) is 0.736. The molecule has 2 amide bonds. The van der Waals surface area contributed by atoms with Crippen LogP contribution in [-0.4, -0.2) is 45.1 Å². The molecule has 30 heavy (non-hydrogen) atoms. The fourth-order valence-electron chi connectivity index (χ4n) is 4.52. The molecule has 2 aromatic rings. The highest BCUT2D eigenvalue weighted by Gasteiger charge is 2.28. The molecule has 6 nitrogen and oxygen atoms in total. The molecule has 158 valence electrons. The summed E-state index contributed by atoms with van der Waals surface area (Å²) in [6.45, 7) is 3.61. The maximum Gasteiger partial charge on any atom is 0.251 e. The lowest BCUT2D eigenvalue weighted by molar-refractivity contribution is -0.918. The van der Waals surface area contributed by atoms with Crippen molar-refractivity contribution in [3.8, 4) is 5.75 Å². The molecule has 6 heteroatoms. The molecule has 0 aliphatic carbocycles. The number of nitrogens with zero attached hydrogens (tertiary/aromatic N) is 1. The van der Waals surface area contributed by atoms with Gasteiger partial charge in [-0.05, 0) is 55.0 Å². The van der Waals surface area contributed by atoms with E-state index in [9.17, 15) is 9.59 Å². The summed E-state index contributed by atoms with van der Waals surface area (Å²) in [6, 6.07) is 15.7. The van der Waals surface area contributed by atoms with Crippen LogP contribution in [0.3, 0.4) is 0 Å². The lowest BCUT2D eigenvalue weighted by Crippen LogP contribution is -3.11. The second-order valence-electron chi connectivity index (χ2n) is 8.10. The molecule has 4 rings (SSSR count). The van der Waals surface area contributed by atoms with Crippen LogP contribution in [0.4, 0.5) is 5.69 Å². The van der Waals surface area contributed by atoms with Gasteiger partial charge in [0.1, 0.15) is 11.8 Å². The maximum absolute atomic E-state index is 12.8. The Morgan fingerprint density at radius 2 is 1.77 bits per heavy atom. The van der Waals surface area contributed by atoms with Gasteiger partial charge in [-0.15, -0.1) is 0 Å². The number of hydrogen-bond acceptors (Lipinski definition) is 3. The number of methoxy groups -OCH3 is 1. The first-order valence-electron chi connectivity index (χ1n) is 10.8. The molecule has 0 bridgehead atoms. The SMILES string of the molecule is COc1ccc([C@H](CNC(=O)c2ccc(N3CCCC3=O)cc2)[NH+]2CCCC2)cc1. The van der Waals surface area contributed by atoms with Gasteiger partial charge >= 0.3 is 0 Å². The van der Waals surface area contributed by atoms with E-state index < -0.39 is 0 Å². The number of carbonyl (C=O) groups is 2. The van der Waals surface area contributed by atoms with Crippen LogP contribution in [0.2, 0.25) is 0 Å². The van der Waals surface area contributed by atoms with E-state index in [2.05, 4.69) is 17.4 Å². The summed E-state index contributed by atoms with van der Waals surface area (Å²) in [7, 11) is 1.67. The number of hydrogen-bond donors (Lipinski definition) is 2. The molecule has 2 heterocycles. The summed E-state index contributed by atoms with van der Waals surface area (Å²) in [4.78, 5) is 28.0. The highest BCUT2D eigenvalue weighted by molar-refractivity contribution is 5.97. The van der Waals surface area contributed by atoms with Gasteiger partial charge in [0.2, 0.25) is 5.91 Å². The van der Waals surface area contributed by atoms with Crippen molar-refractivity contribution in [1.29, 1.82) is 0 Å². The molecule has 2 N–H and O–H groups in total. The van der Waals surface area contributed by atoms with Crippen LogP contribution in [0.15, 0.2) is 48.5 Å². The standard InChI is InChI=1S/C24H29N3O3/c1-30-21-12-8-18(9-13-21)22(26-14-2-3-15-26)17-25-24(29)19-6-10-20(11-7-19)27-16-4-5-23(27)28/h6-13,22H,2-5,14-17H2,1H3,(H,25,29)/p+1/t22-/m0/s1. The lowest BCUT2D eigenvalue weighted by Gasteiger charge is -2.25. The van der Waals surface area contributed by atoms with Crippen molar-refractivity contribution in [2.24, 2.45) is 0 Å². The molecule has 2 aliphatic heterocycles. The summed E-state index contributed by atoms with van der Waals surface area (Å²) in [5, 5.41) is 3.13. The highest BCUT2D eigenvalue weighted by Crippen LogP contribution is 2.22. The third-order valence-electron chi connectivity index (χ3n) is 6.24. The molecule has 0 radical (unpaired) electrons. The topological polar surface area (TPSA) is 63.1 Å². The molecule has 0 unspecified atom stereocenters. The van der Waals surface area contributed by atoms with Gasteiger partial charge in [0, 0.05) is 42.6 Å². The number of amides is 2. The fourth-order valence-corrected chi connectivity index (χ4v) is 4.52. The van der Waals surface area contributed by atoms with Crippen molar-refractivity contribution in [2.75, 3.05) is 38.2 Å². The van der Waals surface area contributed by atoms with E-state index in [1.165, 1.54) is 23.3 Å². The second-order valence-corrected chi connectivity index (χ2v) is 8.10. The Morgan fingerprint density at radius 1 is 1.07 bits per heavy atom. The van der Waals surface area contributed by atoms with E-state index in [1.54, 1.807) is 24.1 Å². The van der Waals surface area contributed by atoms with Crippen LogP contribution >= 0.6 is 0 Å². The Labute approximate surface area is 177 Å². The van der Waals surface area contributed by atoms with Gasteiger partial charge in [0.15, 0.2) is 0 Å². The summed E-state index contributed by atoms with van der Waals surface area (Å²) < 4.78 is 5.28. The fraction of sp³-hybridized carbons (Fsp3) is 0.417. The largest absolute Gasteiger partial charge is 0.497 e. The zero-order valence-corrected chi connectivity index (χ0v) is 17.5. The Morgan fingerprint density at radius 3 is 2.37 bits per heavy atom. The molecular formula is C24H30N3O3+. The van der Waals surface area contributed by atoms with Crippen molar-refractivity contribution < 1.29 is 19.2 Å². The van der Waals surface area contributed by atoms with Gasteiger partial charge in [-0.1, -0.05) is 0 Å². The molecule has 2 saturated heterocycles. The molecule has 1 atom stereocenters. The summed E-state index contributed by atoms with van der Waals surface area (Å²) in [5.41, 5.74) is 2.71. The van der Waals surface area contributed by atoms with Gasteiger partial charge in [-0.25, -0.2) is 0 Å². The number of likely N-dealkylation sites (tertiary alicyclic amines) is 1. The minimum atomic E-state index is -0.0774. The monoisotopic (exact) mass is 408 g/mol. The van der Waals surface area contributed by atoms with Crippen LogP contribution in [0.5, 0.6) is 5.75 Å². The van der Waals surface area contributed by atoms with Crippen LogP contribution in [-0.2, 0) is 4.79 Å². The van der Waals surface area contributed by atoms with E-state index in [4.69, 9.17) is 4.74 Å². The minimum Gasteiger partial charge on any atom is -0.497 e. The normalized spacial score (nSPS) is 17.9. The Balaban J connectivity index is 1.42. The van der Waals surface area contributed by atoms with Crippen molar-refractivity contribution in [2.45, 2.75) is 31.7 Å². The number of anilines is 1. The Kier molecular flexibility index (Phi) is 6.33. The van der Waals surface area contributed by atoms with Crippen LogP contribution in [0, 0.1) is 0 Å². The first-order valence-corrected chi connectivity index (χ1v) is 10.8. The Bertz CT molecular complexity index is 874. The molecule has 2 aliphatic rings. The lowest BCUT2D eigenvalue weighted by atomic mass is 10.0. The van der Waals surface area contributed by atoms with E-state index in [0.717, 1.165) is 37.5 Å².